The molecule has 1 aromatic carbocycles. The van der Waals surface area contributed by atoms with Crippen molar-refractivity contribution in [3.8, 4) is 0 Å². The number of ether oxygens (including phenoxy) is 2. The highest BCUT2D eigenvalue weighted by Gasteiger charge is 2.56. The van der Waals surface area contributed by atoms with Gasteiger partial charge < -0.3 is 24.8 Å². The highest BCUT2D eigenvalue weighted by Crippen LogP contribution is 2.42. The summed E-state index contributed by atoms with van der Waals surface area (Å²) in [5.41, 5.74) is 2.15. The third kappa shape index (κ3) is 2.84. The lowest BCUT2D eigenvalue weighted by Crippen LogP contribution is -2.48. The lowest BCUT2D eigenvalue weighted by molar-refractivity contribution is -0.271. The highest BCUT2D eigenvalue weighted by molar-refractivity contribution is 5.30. The van der Waals surface area contributed by atoms with Crippen LogP contribution in [-0.4, -0.2) is 46.5 Å². The van der Waals surface area contributed by atoms with Gasteiger partial charge in [0.2, 0.25) is 0 Å². The van der Waals surface area contributed by atoms with Crippen LogP contribution < -0.4 is 0 Å². The molecule has 118 valence electrons. The molecule has 1 aromatic rings. The largest absolute Gasteiger partial charge is 0.396 e. The first-order chi connectivity index (χ1) is 10.2. The molecule has 0 saturated carbocycles. The Morgan fingerprint density at radius 2 is 1.81 bits per heavy atom. The van der Waals surface area contributed by atoms with Crippen LogP contribution in [0.4, 0.5) is 0 Å². The van der Waals surface area contributed by atoms with E-state index in [9.17, 15) is 15.3 Å². The van der Waals surface area contributed by atoms with E-state index in [1.807, 2.05) is 38.1 Å². The number of rotatable bonds is 2. The van der Waals surface area contributed by atoms with E-state index in [1.54, 1.807) is 0 Å². The molecule has 2 aliphatic heterocycles. The second-order valence-electron chi connectivity index (χ2n) is 5.18. The Bertz CT molecular complexity index is 464. The monoisotopic (exact) mass is 296 g/mol. The van der Waals surface area contributed by atoms with E-state index >= 15 is 0 Å². The molecule has 0 amide bonds. The quantitative estimate of drug-likeness (QED) is 0.754. The van der Waals surface area contributed by atoms with E-state index in [2.05, 4.69) is 0 Å². The summed E-state index contributed by atoms with van der Waals surface area (Å²) in [4.78, 5) is 0. The van der Waals surface area contributed by atoms with Gasteiger partial charge in [0, 0.05) is 12.3 Å². The highest BCUT2D eigenvalue weighted by atomic mass is 16.7. The zero-order valence-corrected chi connectivity index (χ0v) is 12.5. The number of fused-ring (bicyclic) bond motifs is 1. The molecule has 0 aliphatic carbocycles. The minimum Gasteiger partial charge on any atom is -0.396 e. The summed E-state index contributed by atoms with van der Waals surface area (Å²) in [6.07, 6.45) is -1.11. The number of benzene rings is 1. The summed E-state index contributed by atoms with van der Waals surface area (Å²) < 4.78 is 11.5. The van der Waals surface area contributed by atoms with Gasteiger partial charge in [-0.25, -0.2) is 0 Å². The molecule has 21 heavy (non-hydrogen) atoms. The standard InChI is InChI=1S/C14H18O5.C2H6/c15-6-11-12(7-16)19-14(13(11)17)5-9-3-1-2-4-10(9)8-18-14;1-2/h1-4,11-13,15-17H,5-8H2;1-2H3. The van der Waals surface area contributed by atoms with Crippen LogP contribution in [-0.2, 0) is 22.5 Å². The molecule has 3 rings (SSSR count). The van der Waals surface area contributed by atoms with Crippen LogP contribution in [0.5, 0.6) is 0 Å². The van der Waals surface area contributed by atoms with E-state index in [0.717, 1.165) is 11.1 Å². The molecular formula is C16H24O5. The Labute approximate surface area is 125 Å². The Kier molecular flexibility index (Phi) is 5.35. The van der Waals surface area contributed by atoms with Crippen molar-refractivity contribution < 1.29 is 24.8 Å². The molecule has 5 heteroatoms. The average molecular weight is 296 g/mol. The smallest absolute Gasteiger partial charge is 0.199 e. The van der Waals surface area contributed by atoms with Crippen molar-refractivity contribution in [2.24, 2.45) is 5.92 Å². The zero-order valence-electron chi connectivity index (χ0n) is 12.5. The fraction of sp³-hybridized carbons (Fsp3) is 0.625. The minimum absolute atomic E-state index is 0.237. The summed E-state index contributed by atoms with van der Waals surface area (Å²) in [7, 11) is 0. The Hall–Kier alpha value is -0.980. The van der Waals surface area contributed by atoms with Crippen molar-refractivity contribution in [3.63, 3.8) is 0 Å². The van der Waals surface area contributed by atoms with Gasteiger partial charge >= 0.3 is 0 Å². The lowest BCUT2D eigenvalue weighted by Gasteiger charge is -2.37. The number of hydrogen-bond acceptors (Lipinski definition) is 5. The van der Waals surface area contributed by atoms with Crippen molar-refractivity contribution in [3.05, 3.63) is 35.4 Å². The molecule has 0 radical (unpaired) electrons. The van der Waals surface area contributed by atoms with Crippen LogP contribution in [0.2, 0.25) is 0 Å². The molecule has 1 fully saturated rings. The molecule has 4 atom stereocenters. The second-order valence-corrected chi connectivity index (χ2v) is 5.18. The Balaban J connectivity index is 0.000000774. The average Bonchev–Trinajstić information content (AvgIpc) is 2.81. The third-order valence-electron chi connectivity index (χ3n) is 4.10. The summed E-state index contributed by atoms with van der Waals surface area (Å²) in [5, 5.41) is 29.0. The molecular weight excluding hydrogens is 272 g/mol. The first-order valence-corrected chi connectivity index (χ1v) is 7.48. The van der Waals surface area contributed by atoms with Crippen LogP contribution >= 0.6 is 0 Å². The van der Waals surface area contributed by atoms with Crippen molar-refractivity contribution in [1.29, 1.82) is 0 Å². The molecule has 3 N–H and O–H groups in total. The van der Waals surface area contributed by atoms with Gasteiger partial charge in [-0.2, -0.15) is 0 Å². The molecule has 2 heterocycles. The number of hydrogen-bond donors (Lipinski definition) is 3. The van der Waals surface area contributed by atoms with E-state index in [-0.39, 0.29) is 13.2 Å². The predicted octanol–water partition coefficient (Wildman–Crippen LogP) is 0.842. The van der Waals surface area contributed by atoms with Gasteiger partial charge in [-0.15, -0.1) is 0 Å². The first-order valence-electron chi connectivity index (χ1n) is 7.48. The minimum atomic E-state index is -1.14. The molecule has 5 nitrogen and oxygen atoms in total. The molecule has 1 saturated heterocycles. The third-order valence-corrected chi connectivity index (χ3v) is 4.10. The lowest BCUT2D eigenvalue weighted by atomic mass is 9.89. The zero-order chi connectivity index (χ0) is 15.5. The fourth-order valence-corrected chi connectivity index (χ4v) is 2.99. The van der Waals surface area contributed by atoms with E-state index in [0.29, 0.717) is 13.0 Å². The molecule has 0 aromatic heterocycles. The second kappa shape index (κ2) is 6.85. The Morgan fingerprint density at radius 1 is 1.14 bits per heavy atom. The van der Waals surface area contributed by atoms with E-state index < -0.39 is 23.9 Å². The molecule has 0 bridgehead atoms. The van der Waals surface area contributed by atoms with Crippen LogP contribution in [0.25, 0.3) is 0 Å². The van der Waals surface area contributed by atoms with Gasteiger partial charge in [0.15, 0.2) is 5.79 Å². The summed E-state index contributed by atoms with van der Waals surface area (Å²) in [6.45, 7) is 3.89. The van der Waals surface area contributed by atoms with Crippen LogP contribution in [0.1, 0.15) is 25.0 Å². The van der Waals surface area contributed by atoms with Gasteiger partial charge in [-0.05, 0) is 11.1 Å². The summed E-state index contributed by atoms with van der Waals surface area (Å²) in [6, 6.07) is 7.85. The van der Waals surface area contributed by atoms with Gasteiger partial charge in [0.25, 0.3) is 0 Å². The van der Waals surface area contributed by atoms with Crippen molar-refractivity contribution in [1.82, 2.24) is 0 Å². The topological polar surface area (TPSA) is 79.2 Å². The summed E-state index contributed by atoms with van der Waals surface area (Å²) >= 11 is 0. The van der Waals surface area contributed by atoms with Crippen LogP contribution in [0.15, 0.2) is 24.3 Å². The molecule has 4 unspecified atom stereocenters. The SMILES string of the molecule is CC.OCC1OC2(Cc3ccccc3CO2)C(O)C1CO. The summed E-state index contributed by atoms with van der Waals surface area (Å²) in [5.74, 6) is -1.66. The maximum absolute atomic E-state index is 10.4. The van der Waals surface area contributed by atoms with Crippen molar-refractivity contribution >= 4 is 0 Å². The normalized spacial score (nSPS) is 34.2. The van der Waals surface area contributed by atoms with Crippen LogP contribution in [0, 0.1) is 5.92 Å². The maximum atomic E-state index is 10.4. The first kappa shape index (κ1) is 16.4. The van der Waals surface area contributed by atoms with Crippen molar-refractivity contribution in [2.75, 3.05) is 13.2 Å². The van der Waals surface area contributed by atoms with E-state index in [1.165, 1.54) is 0 Å². The van der Waals surface area contributed by atoms with Gasteiger partial charge in [-0.1, -0.05) is 38.1 Å². The molecule has 1 spiro atoms. The predicted molar refractivity (Wildman–Crippen MR) is 77.6 cm³/mol. The fourth-order valence-electron chi connectivity index (χ4n) is 2.99. The number of aliphatic hydroxyl groups is 3. The maximum Gasteiger partial charge on any atom is 0.199 e. The van der Waals surface area contributed by atoms with E-state index in [4.69, 9.17) is 9.47 Å². The van der Waals surface area contributed by atoms with Gasteiger partial charge in [0.05, 0.1) is 25.9 Å². The number of aliphatic hydroxyl groups excluding tert-OH is 3. The molecule has 2 aliphatic rings. The van der Waals surface area contributed by atoms with Gasteiger partial charge in [0.1, 0.15) is 6.10 Å². The Morgan fingerprint density at radius 3 is 2.38 bits per heavy atom. The van der Waals surface area contributed by atoms with Crippen molar-refractivity contribution in [2.45, 2.75) is 44.9 Å². The van der Waals surface area contributed by atoms with Crippen LogP contribution in [0.3, 0.4) is 0 Å². The van der Waals surface area contributed by atoms with Gasteiger partial charge in [-0.3, -0.25) is 0 Å².